The zero-order chi connectivity index (χ0) is 19.5. The van der Waals surface area contributed by atoms with E-state index in [4.69, 9.17) is 4.74 Å². The van der Waals surface area contributed by atoms with Crippen molar-refractivity contribution in [1.29, 1.82) is 0 Å². The smallest absolute Gasteiger partial charge is 0.337 e. The lowest BCUT2D eigenvalue weighted by molar-refractivity contribution is -0.117. The van der Waals surface area contributed by atoms with E-state index in [-0.39, 0.29) is 12.5 Å². The maximum absolute atomic E-state index is 12.6. The SMILES string of the molecule is COC(=O)c1cccc(-c2cnc3c(c2)N(Cc2ccccc2)C(=O)CN3)c1. The van der Waals surface area contributed by atoms with Crippen LogP contribution in [0.5, 0.6) is 0 Å². The number of anilines is 2. The van der Waals surface area contributed by atoms with E-state index >= 15 is 0 Å². The molecule has 0 aliphatic carbocycles. The average Bonchev–Trinajstić information content (AvgIpc) is 2.75. The summed E-state index contributed by atoms with van der Waals surface area (Å²) in [7, 11) is 1.36. The van der Waals surface area contributed by atoms with Crippen LogP contribution in [-0.4, -0.2) is 30.5 Å². The highest BCUT2D eigenvalue weighted by Gasteiger charge is 2.25. The highest BCUT2D eigenvalue weighted by atomic mass is 16.5. The van der Waals surface area contributed by atoms with Gasteiger partial charge in [0.1, 0.15) is 0 Å². The normalized spacial score (nSPS) is 12.9. The third-order valence-corrected chi connectivity index (χ3v) is 4.67. The van der Waals surface area contributed by atoms with Crippen molar-refractivity contribution >= 4 is 23.4 Å². The van der Waals surface area contributed by atoms with Gasteiger partial charge < -0.3 is 15.0 Å². The van der Waals surface area contributed by atoms with Gasteiger partial charge in [0.25, 0.3) is 0 Å². The lowest BCUT2D eigenvalue weighted by Gasteiger charge is -2.30. The first-order valence-electron chi connectivity index (χ1n) is 8.92. The molecule has 6 nitrogen and oxygen atoms in total. The summed E-state index contributed by atoms with van der Waals surface area (Å²) in [5.74, 6) is 0.261. The molecule has 0 saturated heterocycles. The summed E-state index contributed by atoms with van der Waals surface area (Å²) < 4.78 is 4.80. The van der Waals surface area contributed by atoms with Crippen LogP contribution in [0.15, 0.2) is 66.9 Å². The number of carbonyl (C=O) groups is 2. The lowest BCUT2D eigenvalue weighted by atomic mass is 10.0. The van der Waals surface area contributed by atoms with E-state index in [9.17, 15) is 9.59 Å². The van der Waals surface area contributed by atoms with Crippen molar-refractivity contribution in [2.75, 3.05) is 23.9 Å². The summed E-state index contributed by atoms with van der Waals surface area (Å²) in [6.07, 6.45) is 1.73. The molecule has 1 aromatic heterocycles. The summed E-state index contributed by atoms with van der Waals surface area (Å²) in [6, 6.07) is 18.9. The number of ether oxygens (including phenoxy) is 1. The zero-order valence-electron chi connectivity index (χ0n) is 15.4. The second-order valence-electron chi connectivity index (χ2n) is 6.48. The third-order valence-electron chi connectivity index (χ3n) is 4.67. The predicted molar refractivity (Wildman–Crippen MR) is 107 cm³/mol. The number of methoxy groups -OCH3 is 1. The van der Waals surface area contributed by atoms with E-state index in [0.29, 0.717) is 17.9 Å². The Morgan fingerprint density at radius 3 is 2.71 bits per heavy atom. The molecule has 28 heavy (non-hydrogen) atoms. The van der Waals surface area contributed by atoms with Gasteiger partial charge in [-0.05, 0) is 29.3 Å². The largest absolute Gasteiger partial charge is 0.465 e. The first-order chi connectivity index (χ1) is 13.7. The molecular weight excluding hydrogens is 354 g/mol. The molecule has 1 amide bonds. The predicted octanol–water partition coefficient (Wildman–Crippen LogP) is 3.49. The van der Waals surface area contributed by atoms with Gasteiger partial charge in [-0.15, -0.1) is 0 Å². The fraction of sp³-hybridized carbons (Fsp3) is 0.136. The zero-order valence-corrected chi connectivity index (χ0v) is 15.4. The Morgan fingerprint density at radius 2 is 1.93 bits per heavy atom. The monoisotopic (exact) mass is 373 g/mol. The van der Waals surface area contributed by atoms with Crippen molar-refractivity contribution < 1.29 is 14.3 Å². The second kappa shape index (κ2) is 7.52. The molecule has 0 atom stereocenters. The lowest BCUT2D eigenvalue weighted by Crippen LogP contribution is -2.39. The van der Waals surface area contributed by atoms with Crippen LogP contribution in [0, 0.1) is 0 Å². The Bertz CT molecular complexity index is 1030. The van der Waals surface area contributed by atoms with E-state index in [1.165, 1.54) is 7.11 Å². The molecular formula is C22H19N3O3. The van der Waals surface area contributed by atoms with Crippen LogP contribution in [0.2, 0.25) is 0 Å². The number of hydrogen-bond acceptors (Lipinski definition) is 5. The van der Waals surface area contributed by atoms with Gasteiger partial charge in [-0.3, -0.25) is 4.79 Å². The minimum absolute atomic E-state index is 0.0152. The fourth-order valence-electron chi connectivity index (χ4n) is 3.23. The van der Waals surface area contributed by atoms with E-state index in [0.717, 1.165) is 22.4 Å². The van der Waals surface area contributed by atoms with Gasteiger partial charge in [0, 0.05) is 11.8 Å². The van der Waals surface area contributed by atoms with Crippen molar-refractivity contribution in [3.8, 4) is 11.1 Å². The number of nitrogens with zero attached hydrogens (tertiary/aromatic N) is 2. The second-order valence-corrected chi connectivity index (χ2v) is 6.48. The molecule has 0 radical (unpaired) electrons. The molecule has 2 heterocycles. The van der Waals surface area contributed by atoms with Crippen LogP contribution >= 0.6 is 0 Å². The summed E-state index contributed by atoms with van der Waals surface area (Å²) in [4.78, 5) is 30.6. The van der Waals surface area contributed by atoms with E-state index < -0.39 is 5.97 Å². The molecule has 2 aromatic carbocycles. The van der Waals surface area contributed by atoms with Crippen LogP contribution in [0.3, 0.4) is 0 Å². The topological polar surface area (TPSA) is 71.5 Å². The van der Waals surface area contributed by atoms with Gasteiger partial charge in [0.05, 0.1) is 31.5 Å². The van der Waals surface area contributed by atoms with E-state index in [1.807, 2.05) is 42.5 Å². The van der Waals surface area contributed by atoms with Gasteiger partial charge in [0.15, 0.2) is 5.82 Å². The fourth-order valence-corrected chi connectivity index (χ4v) is 3.23. The Balaban J connectivity index is 1.72. The summed E-state index contributed by atoms with van der Waals surface area (Å²) in [6.45, 7) is 0.686. The Kier molecular flexibility index (Phi) is 4.76. The number of aromatic nitrogens is 1. The average molecular weight is 373 g/mol. The number of nitrogens with one attached hydrogen (secondary N) is 1. The maximum atomic E-state index is 12.6. The molecule has 0 saturated carbocycles. The summed E-state index contributed by atoms with van der Waals surface area (Å²) in [5, 5.41) is 3.07. The highest BCUT2D eigenvalue weighted by Crippen LogP contribution is 2.33. The molecule has 0 bridgehead atoms. The molecule has 3 aromatic rings. The van der Waals surface area contributed by atoms with E-state index in [2.05, 4.69) is 10.3 Å². The molecule has 0 unspecified atom stereocenters. The first-order valence-corrected chi connectivity index (χ1v) is 8.92. The molecule has 1 aliphatic heterocycles. The third kappa shape index (κ3) is 3.44. The number of pyridine rings is 1. The molecule has 0 fully saturated rings. The van der Waals surface area contributed by atoms with Crippen molar-refractivity contribution in [2.45, 2.75) is 6.54 Å². The highest BCUT2D eigenvalue weighted by molar-refractivity contribution is 6.02. The van der Waals surface area contributed by atoms with E-state index in [1.54, 1.807) is 29.3 Å². The Hall–Kier alpha value is -3.67. The number of fused-ring (bicyclic) bond motifs is 1. The molecule has 1 N–H and O–H groups in total. The van der Waals surface area contributed by atoms with Gasteiger partial charge >= 0.3 is 5.97 Å². The van der Waals surface area contributed by atoms with Crippen LogP contribution in [0.1, 0.15) is 15.9 Å². The summed E-state index contributed by atoms with van der Waals surface area (Å²) >= 11 is 0. The number of esters is 1. The maximum Gasteiger partial charge on any atom is 0.337 e. The number of benzene rings is 2. The number of amides is 1. The van der Waals surface area contributed by atoms with Gasteiger partial charge in [-0.25, -0.2) is 9.78 Å². The van der Waals surface area contributed by atoms with Crippen molar-refractivity contribution in [2.24, 2.45) is 0 Å². The standard InChI is InChI=1S/C22H19N3O3/c1-28-22(27)17-9-5-8-16(10-17)18-11-19-21(23-12-18)24-13-20(26)25(19)14-15-6-3-2-4-7-15/h2-12H,13-14H2,1H3,(H,23,24). The molecule has 4 rings (SSSR count). The minimum Gasteiger partial charge on any atom is -0.465 e. The van der Waals surface area contributed by atoms with Crippen LogP contribution in [0.4, 0.5) is 11.5 Å². The van der Waals surface area contributed by atoms with Crippen LogP contribution < -0.4 is 10.2 Å². The summed E-state index contributed by atoms with van der Waals surface area (Å²) in [5.41, 5.74) is 3.88. The number of carbonyl (C=O) groups excluding carboxylic acids is 2. The Morgan fingerprint density at radius 1 is 1.11 bits per heavy atom. The van der Waals surface area contributed by atoms with Gasteiger partial charge in [-0.1, -0.05) is 42.5 Å². The number of rotatable bonds is 4. The molecule has 1 aliphatic rings. The molecule has 6 heteroatoms. The van der Waals surface area contributed by atoms with Crippen LogP contribution in [0.25, 0.3) is 11.1 Å². The van der Waals surface area contributed by atoms with Crippen molar-refractivity contribution in [1.82, 2.24) is 4.98 Å². The molecule has 140 valence electrons. The molecule has 0 spiro atoms. The Labute approximate surface area is 162 Å². The van der Waals surface area contributed by atoms with Crippen LogP contribution in [-0.2, 0) is 16.1 Å². The van der Waals surface area contributed by atoms with Crippen molar-refractivity contribution in [3.05, 3.63) is 78.0 Å². The number of hydrogen-bond donors (Lipinski definition) is 1. The van der Waals surface area contributed by atoms with Crippen molar-refractivity contribution in [3.63, 3.8) is 0 Å². The quantitative estimate of drug-likeness (QED) is 0.709. The van der Waals surface area contributed by atoms with Gasteiger partial charge in [0.2, 0.25) is 5.91 Å². The minimum atomic E-state index is -0.393. The first kappa shape index (κ1) is 17.7. The van der Waals surface area contributed by atoms with Gasteiger partial charge in [-0.2, -0.15) is 0 Å².